The van der Waals surface area contributed by atoms with Crippen molar-refractivity contribution in [2.24, 2.45) is 0 Å². The molecular formula is C19H17F5N4O3S. The summed E-state index contributed by atoms with van der Waals surface area (Å²) in [6.07, 6.45) is -5.81. The highest BCUT2D eigenvalue weighted by Crippen LogP contribution is 2.37. The zero-order valence-electron chi connectivity index (χ0n) is 16.7. The summed E-state index contributed by atoms with van der Waals surface area (Å²) in [4.78, 5) is 19.9. The fraction of sp³-hybridized carbons (Fsp3) is 0.316. The summed E-state index contributed by atoms with van der Waals surface area (Å²) < 4.78 is 91.7. The van der Waals surface area contributed by atoms with Gasteiger partial charge in [-0.05, 0) is 18.2 Å². The van der Waals surface area contributed by atoms with Crippen LogP contribution in [0.3, 0.4) is 0 Å². The lowest BCUT2D eigenvalue weighted by molar-refractivity contribution is -0.191. The fourth-order valence-corrected chi connectivity index (χ4v) is 4.03. The Morgan fingerprint density at radius 2 is 1.81 bits per heavy atom. The minimum absolute atomic E-state index is 0.00611. The van der Waals surface area contributed by atoms with Crippen LogP contribution in [-0.2, 0) is 9.84 Å². The number of nitrogens with one attached hydrogen (secondary N) is 1. The van der Waals surface area contributed by atoms with Gasteiger partial charge in [-0.15, -0.1) is 0 Å². The zero-order chi connectivity index (χ0) is 23.8. The third-order valence-electron chi connectivity index (χ3n) is 4.75. The van der Waals surface area contributed by atoms with Gasteiger partial charge in [0.05, 0.1) is 39.9 Å². The van der Waals surface area contributed by atoms with Crippen molar-refractivity contribution in [3.05, 3.63) is 47.0 Å². The van der Waals surface area contributed by atoms with Gasteiger partial charge in [-0.1, -0.05) is 6.92 Å². The molecule has 0 aromatic carbocycles. The number of rotatable bonds is 7. The van der Waals surface area contributed by atoms with Gasteiger partial charge < -0.3 is 5.32 Å². The predicted molar refractivity (Wildman–Crippen MR) is 108 cm³/mol. The first-order chi connectivity index (χ1) is 14.9. The van der Waals surface area contributed by atoms with E-state index in [1.807, 2.05) is 0 Å². The molecule has 32 heavy (non-hydrogen) atoms. The third kappa shape index (κ3) is 4.04. The van der Waals surface area contributed by atoms with Gasteiger partial charge in [-0.25, -0.2) is 21.6 Å². The van der Waals surface area contributed by atoms with Gasteiger partial charge >= 0.3 is 12.3 Å². The monoisotopic (exact) mass is 476 g/mol. The summed E-state index contributed by atoms with van der Waals surface area (Å²) in [5, 5.41) is 2.75. The van der Waals surface area contributed by atoms with E-state index in [0.717, 1.165) is 18.3 Å². The maximum atomic E-state index is 14.3. The van der Waals surface area contributed by atoms with Crippen LogP contribution in [0.2, 0.25) is 0 Å². The number of aromatic nitrogens is 3. The summed E-state index contributed by atoms with van der Waals surface area (Å²) in [6, 6.07) is 4.44. The lowest BCUT2D eigenvalue weighted by Gasteiger charge is -2.22. The van der Waals surface area contributed by atoms with Gasteiger partial charge in [0, 0.05) is 18.5 Å². The first-order valence-electron chi connectivity index (χ1n) is 9.16. The number of nitrogens with zero attached hydrogens (tertiary/aromatic N) is 3. The highest BCUT2D eigenvalue weighted by Gasteiger charge is 2.51. The first kappa shape index (κ1) is 23.6. The maximum Gasteiger partial charge on any atom is 0.356 e. The van der Waals surface area contributed by atoms with Gasteiger partial charge in [0.15, 0.2) is 9.84 Å². The van der Waals surface area contributed by atoms with E-state index in [-0.39, 0.29) is 32.0 Å². The molecule has 3 rings (SSSR count). The van der Waals surface area contributed by atoms with Crippen molar-refractivity contribution in [2.75, 3.05) is 18.1 Å². The molecule has 7 nitrogen and oxygen atoms in total. The van der Waals surface area contributed by atoms with Gasteiger partial charge in [0.2, 0.25) is 6.30 Å². The molecule has 1 unspecified atom stereocenters. The second-order valence-electron chi connectivity index (χ2n) is 6.71. The lowest BCUT2D eigenvalue weighted by Crippen LogP contribution is -2.39. The number of halogens is 5. The smallest absolute Gasteiger partial charge is 0.356 e. The van der Waals surface area contributed by atoms with Gasteiger partial charge in [-0.3, -0.25) is 19.3 Å². The molecule has 0 aliphatic heterocycles. The number of hydrogen-bond acceptors (Lipinski definition) is 6. The van der Waals surface area contributed by atoms with Crippen LogP contribution < -0.4 is 10.9 Å². The van der Waals surface area contributed by atoms with E-state index in [9.17, 15) is 35.2 Å². The van der Waals surface area contributed by atoms with Crippen LogP contribution in [0.1, 0.15) is 13.2 Å². The second kappa shape index (κ2) is 8.45. The molecular weight excluding hydrogens is 459 g/mol. The predicted octanol–water partition coefficient (Wildman–Crippen LogP) is 3.66. The van der Waals surface area contributed by atoms with Crippen LogP contribution >= 0.6 is 0 Å². The summed E-state index contributed by atoms with van der Waals surface area (Å²) in [5.41, 5.74) is -1.40. The molecule has 0 fully saturated rings. The maximum absolute atomic E-state index is 14.3. The first-order valence-corrected chi connectivity index (χ1v) is 10.8. The standard InChI is InChI=1S/C19H17F5N4O3S/c1-3-32(30,31)14-7-11(25-2)8-27-16(14)12-6-10-4-5-15(29)28(13(10)9-26-12)18(22)19(23,24)17(20)21/h4-9,17-18,25H,3H2,1-2H3. The van der Waals surface area contributed by atoms with E-state index in [1.54, 1.807) is 7.05 Å². The summed E-state index contributed by atoms with van der Waals surface area (Å²) >= 11 is 0. The van der Waals surface area contributed by atoms with E-state index in [2.05, 4.69) is 15.3 Å². The van der Waals surface area contributed by atoms with Crippen LogP contribution in [0.5, 0.6) is 0 Å². The highest BCUT2D eigenvalue weighted by molar-refractivity contribution is 7.91. The molecule has 3 aromatic rings. The van der Waals surface area contributed by atoms with Crippen LogP contribution in [0.25, 0.3) is 22.3 Å². The van der Waals surface area contributed by atoms with E-state index in [4.69, 9.17) is 0 Å². The van der Waals surface area contributed by atoms with E-state index < -0.39 is 39.6 Å². The van der Waals surface area contributed by atoms with Crippen molar-refractivity contribution >= 4 is 26.4 Å². The molecule has 0 aliphatic rings. The molecule has 0 radical (unpaired) electrons. The SMILES string of the molecule is CCS(=O)(=O)c1cc(NC)cnc1-c1cc2ccc(=O)n(C(F)C(F)(F)C(F)F)c2cn1. The number of anilines is 1. The average molecular weight is 476 g/mol. The van der Waals surface area contributed by atoms with Gasteiger partial charge in [-0.2, -0.15) is 8.78 Å². The number of pyridine rings is 3. The van der Waals surface area contributed by atoms with Crippen LogP contribution in [-0.4, -0.2) is 48.1 Å². The molecule has 1 N–H and O–H groups in total. The van der Waals surface area contributed by atoms with Crippen molar-refractivity contribution in [1.29, 1.82) is 0 Å². The minimum atomic E-state index is -5.12. The van der Waals surface area contributed by atoms with Gasteiger partial charge in [0.1, 0.15) is 5.69 Å². The zero-order valence-corrected chi connectivity index (χ0v) is 17.5. The normalized spacial score (nSPS) is 13.5. The second-order valence-corrected chi connectivity index (χ2v) is 8.95. The number of fused-ring (bicyclic) bond motifs is 1. The van der Waals surface area contributed by atoms with Crippen molar-refractivity contribution in [1.82, 2.24) is 14.5 Å². The average Bonchev–Trinajstić information content (AvgIpc) is 2.77. The molecule has 0 saturated carbocycles. The molecule has 0 aliphatic carbocycles. The van der Waals surface area contributed by atoms with Crippen molar-refractivity contribution in [2.45, 2.75) is 30.5 Å². The minimum Gasteiger partial charge on any atom is -0.387 e. The van der Waals surface area contributed by atoms with Crippen molar-refractivity contribution in [3.63, 3.8) is 0 Å². The summed E-state index contributed by atoms with van der Waals surface area (Å²) in [7, 11) is -2.20. The Morgan fingerprint density at radius 1 is 1.12 bits per heavy atom. The summed E-state index contributed by atoms with van der Waals surface area (Å²) in [6.45, 7) is 1.43. The van der Waals surface area contributed by atoms with E-state index in [1.165, 1.54) is 25.3 Å². The van der Waals surface area contributed by atoms with Crippen LogP contribution in [0, 0.1) is 0 Å². The molecule has 3 aromatic heterocycles. The molecule has 0 bridgehead atoms. The Balaban J connectivity index is 2.24. The third-order valence-corrected chi connectivity index (χ3v) is 6.49. The fourth-order valence-electron chi connectivity index (χ4n) is 2.96. The molecule has 172 valence electrons. The topological polar surface area (TPSA) is 94.0 Å². The Hall–Kier alpha value is -3.09. The van der Waals surface area contributed by atoms with Crippen LogP contribution in [0.4, 0.5) is 27.6 Å². The summed E-state index contributed by atoms with van der Waals surface area (Å²) in [5.74, 6) is -5.36. The molecule has 0 saturated heterocycles. The van der Waals surface area contributed by atoms with E-state index in [0.29, 0.717) is 5.69 Å². The highest BCUT2D eigenvalue weighted by atomic mass is 32.2. The Kier molecular flexibility index (Phi) is 6.22. The lowest BCUT2D eigenvalue weighted by atomic mass is 10.1. The van der Waals surface area contributed by atoms with E-state index >= 15 is 0 Å². The number of sulfone groups is 1. The largest absolute Gasteiger partial charge is 0.387 e. The quantitative estimate of drug-likeness (QED) is 0.523. The number of alkyl halides is 5. The molecule has 0 amide bonds. The Labute approximate surface area is 178 Å². The van der Waals surface area contributed by atoms with Crippen molar-refractivity contribution in [3.8, 4) is 11.4 Å². The van der Waals surface area contributed by atoms with Crippen LogP contribution in [0.15, 0.2) is 46.3 Å². The molecule has 0 spiro atoms. The number of hydrogen-bond donors (Lipinski definition) is 1. The molecule has 3 heterocycles. The van der Waals surface area contributed by atoms with Gasteiger partial charge in [0.25, 0.3) is 5.56 Å². The Morgan fingerprint density at radius 3 is 2.41 bits per heavy atom. The Bertz CT molecular complexity index is 1330. The molecule has 13 heteroatoms. The van der Waals surface area contributed by atoms with Crippen molar-refractivity contribution < 1.29 is 30.4 Å². The molecule has 1 atom stereocenters.